The van der Waals surface area contributed by atoms with Gasteiger partial charge in [0.05, 0.1) is 5.69 Å². The zero-order valence-corrected chi connectivity index (χ0v) is 15.1. The minimum Gasteiger partial charge on any atom is -0.338 e. The lowest BCUT2D eigenvalue weighted by Crippen LogP contribution is -2.46. The van der Waals surface area contributed by atoms with Gasteiger partial charge in [0.15, 0.2) is 0 Å². The van der Waals surface area contributed by atoms with Gasteiger partial charge in [-0.1, -0.05) is 6.92 Å². The molecule has 0 amide bonds. The molecule has 0 aromatic carbocycles. The summed E-state index contributed by atoms with van der Waals surface area (Å²) in [6.45, 7) is 7.38. The molecule has 0 N–H and O–H groups in total. The highest BCUT2D eigenvalue weighted by atomic mass is 32.1. The number of thiophene rings is 1. The molecule has 1 saturated heterocycles. The van der Waals surface area contributed by atoms with Gasteiger partial charge in [-0.3, -0.25) is 4.98 Å². The second-order valence-electron chi connectivity index (χ2n) is 6.11. The Bertz CT molecular complexity index is 811. The van der Waals surface area contributed by atoms with E-state index in [0.717, 1.165) is 61.1 Å². The van der Waals surface area contributed by atoms with Crippen molar-refractivity contribution in [1.29, 1.82) is 0 Å². The maximum atomic E-state index is 4.93. The number of anilines is 1. The van der Waals surface area contributed by atoms with E-state index in [1.165, 1.54) is 0 Å². The van der Waals surface area contributed by atoms with Crippen LogP contribution in [0.1, 0.15) is 6.92 Å². The molecule has 1 aliphatic rings. The van der Waals surface area contributed by atoms with Crippen LogP contribution in [0.3, 0.4) is 0 Å². The van der Waals surface area contributed by atoms with Crippen LogP contribution in [0.25, 0.3) is 22.4 Å². The van der Waals surface area contributed by atoms with Crippen LogP contribution in [0.4, 0.5) is 5.95 Å². The Hall–Kier alpha value is -2.31. The number of pyridine rings is 1. The molecule has 0 atom stereocenters. The monoisotopic (exact) mass is 351 g/mol. The predicted molar refractivity (Wildman–Crippen MR) is 103 cm³/mol. The molecule has 0 bridgehead atoms. The smallest absolute Gasteiger partial charge is 0.225 e. The third kappa shape index (κ3) is 3.41. The molecule has 0 unspecified atom stereocenters. The van der Waals surface area contributed by atoms with Gasteiger partial charge in [0.2, 0.25) is 5.95 Å². The van der Waals surface area contributed by atoms with Gasteiger partial charge in [-0.05, 0) is 41.1 Å². The SMILES string of the molecule is CCN1CCN(c2ncc(-c3ccsc3)c(-c3cccnc3)n2)CC1. The van der Waals surface area contributed by atoms with Crippen LogP contribution in [-0.2, 0) is 0 Å². The topological polar surface area (TPSA) is 45.2 Å². The summed E-state index contributed by atoms with van der Waals surface area (Å²) in [5.74, 6) is 0.814. The van der Waals surface area contributed by atoms with Gasteiger partial charge >= 0.3 is 0 Å². The highest BCUT2D eigenvalue weighted by molar-refractivity contribution is 7.08. The van der Waals surface area contributed by atoms with Gasteiger partial charge in [-0.2, -0.15) is 11.3 Å². The molecule has 1 aliphatic heterocycles. The Morgan fingerprint density at radius 2 is 1.96 bits per heavy atom. The Labute approximate surface area is 152 Å². The number of nitrogens with zero attached hydrogens (tertiary/aromatic N) is 5. The molecule has 0 spiro atoms. The largest absolute Gasteiger partial charge is 0.338 e. The lowest BCUT2D eigenvalue weighted by molar-refractivity contribution is 0.270. The summed E-state index contributed by atoms with van der Waals surface area (Å²) >= 11 is 1.69. The average Bonchev–Trinajstić information content (AvgIpc) is 3.23. The van der Waals surface area contributed by atoms with Crippen molar-refractivity contribution in [1.82, 2.24) is 19.9 Å². The second-order valence-corrected chi connectivity index (χ2v) is 6.89. The highest BCUT2D eigenvalue weighted by Crippen LogP contribution is 2.32. The number of rotatable bonds is 4. The van der Waals surface area contributed by atoms with E-state index in [1.807, 2.05) is 18.5 Å². The molecule has 3 aromatic rings. The van der Waals surface area contributed by atoms with Gasteiger partial charge in [0.25, 0.3) is 0 Å². The van der Waals surface area contributed by atoms with E-state index < -0.39 is 0 Å². The minimum atomic E-state index is 0.814. The Morgan fingerprint density at radius 1 is 1.08 bits per heavy atom. The molecule has 128 valence electrons. The number of likely N-dealkylation sites (N-methyl/N-ethyl adjacent to an activating group) is 1. The van der Waals surface area contributed by atoms with Gasteiger partial charge < -0.3 is 9.80 Å². The maximum absolute atomic E-state index is 4.93. The summed E-state index contributed by atoms with van der Waals surface area (Å²) in [4.78, 5) is 18.6. The van der Waals surface area contributed by atoms with Gasteiger partial charge in [-0.25, -0.2) is 9.97 Å². The quantitative estimate of drug-likeness (QED) is 0.721. The molecule has 0 saturated carbocycles. The first-order valence-electron chi connectivity index (χ1n) is 8.62. The Balaban J connectivity index is 1.71. The number of hydrogen-bond donors (Lipinski definition) is 0. The summed E-state index contributed by atoms with van der Waals surface area (Å²) in [6.07, 6.45) is 5.62. The van der Waals surface area contributed by atoms with Crippen molar-refractivity contribution in [2.24, 2.45) is 0 Å². The van der Waals surface area contributed by atoms with Gasteiger partial charge in [-0.15, -0.1) is 0 Å². The van der Waals surface area contributed by atoms with Crippen molar-refractivity contribution in [2.75, 3.05) is 37.6 Å². The summed E-state index contributed by atoms with van der Waals surface area (Å²) in [5, 5.41) is 4.22. The van der Waals surface area contributed by atoms with Crippen molar-refractivity contribution in [3.63, 3.8) is 0 Å². The highest BCUT2D eigenvalue weighted by Gasteiger charge is 2.20. The van der Waals surface area contributed by atoms with E-state index in [9.17, 15) is 0 Å². The van der Waals surface area contributed by atoms with E-state index >= 15 is 0 Å². The van der Waals surface area contributed by atoms with E-state index in [-0.39, 0.29) is 0 Å². The first-order chi connectivity index (χ1) is 12.3. The number of hydrogen-bond acceptors (Lipinski definition) is 6. The van der Waals surface area contributed by atoms with Gasteiger partial charge in [0, 0.05) is 55.9 Å². The summed E-state index contributed by atoms with van der Waals surface area (Å²) < 4.78 is 0. The van der Waals surface area contributed by atoms with Crippen molar-refractivity contribution >= 4 is 17.3 Å². The van der Waals surface area contributed by atoms with E-state index in [2.05, 4.69) is 49.6 Å². The third-order valence-corrected chi connectivity index (χ3v) is 5.33. The fourth-order valence-electron chi connectivity index (χ4n) is 3.14. The predicted octanol–water partition coefficient (Wildman–Crippen LogP) is 3.41. The molecule has 5 nitrogen and oxygen atoms in total. The third-order valence-electron chi connectivity index (χ3n) is 4.65. The molecule has 6 heteroatoms. The molecular formula is C19H21N5S. The van der Waals surface area contributed by atoms with Crippen molar-refractivity contribution in [3.05, 3.63) is 47.5 Å². The Morgan fingerprint density at radius 3 is 2.64 bits per heavy atom. The fourth-order valence-corrected chi connectivity index (χ4v) is 3.80. The van der Waals surface area contributed by atoms with Crippen LogP contribution >= 0.6 is 11.3 Å². The van der Waals surface area contributed by atoms with Crippen LogP contribution in [-0.4, -0.2) is 52.6 Å². The molecule has 25 heavy (non-hydrogen) atoms. The summed E-state index contributed by atoms with van der Waals surface area (Å²) in [7, 11) is 0. The normalized spacial score (nSPS) is 15.5. The average molecular weight is 351 g/mol. The molecule has 4 rings (SSSR count). The fraction of sp³-hybridized carbons (Fsp3) is 0.316. The van der Waals surface area contributed by atoms with Crippen molar-refractivity contribution in [2.45, 2.75) is 6.92 Å². The molecule has 0 radical (unpaired) electrons. The van der Waals surface area contributed by atoms with Crippen molar-refractivity contribution < 1.29 is 0 Å². The number of aromatic nitrogens is 3. The first kappa shape index (κ1) is 16.2. The van der Waals surface area contributed by atoms with Crippen LogP contribution in [0, 0.1) is 0 Å². The molecule has 1 fully saturated rings. The van der Waals surface area contributed by atoms with Gasteiger partial charge in [0.1, 0.15) is 0 Å². The molecule has 3 aromatic heterocycles. The standard InChI is InChI=1S/C19H21N5S/c1-2-23-7-9-24(10-8-23)19-21-13-17(16-5-11-25-14-16)18(22-19)15-4-3-6-20-12-15/h3-6,11-14H,2,7-10H2,1H3. The molecular weight excluding hydrogens is 330 g/mol. The lowest BCUT2D eigenvalue weighted by atomic mass is 10.0. The zero-order chi connectivity index (χ0) is 17.1. The maximum Gasteiger partial charge on any atom is 0.225 e. The Kier molecular flexibility index (Phi) is 4.72. The molecule has 0 aliphatic carbocycles. The van der Waals surface area contributed by atoms with E-state index in [0.29, 0.717) is 0 Å². The summed E-state index contributed by atoms with van der Waals surface area (Å²) in [5.41, 5.74) is 4.20. The lowest BCUT2D eigenvalue weighted by Gasteiger charge is -2.34. The minimum absolute atomic E-state index is 0.814. The van der Waals surface area contributed by atoms with Crippen LogP contribution in [0.2, 0.25) is 0 Å². The van der Waals surface area contributed by atoms with Crippen LogP contribution < -0.4 is 4.90 Å². The first-order valence-corrected chi connectivity index (χ1v) is 9.56. The van der Waals surface area contributed by atoms with Crippen LogP contribution in [0.5, 0.6) is 0 Å². The van der Waals surface area contributed by atoms with Crippen LogP contribution in [0.15, 0.2) is 47.5 Å². The van der Waals surface area contributed by atoms with Crippen molar-refractivity contribution in [3.8, 4) is 22.4 Å². The zero-order valence-electron chi connectivity index (χ0n) is 14.3. The molecule has 4 heterocycles. The number of piperazine rings is 1. The van der Waals surface area contributed by atoms with E-state index in [4.69, 9.17) is 4.98 Å². The summed E-state index contributed by atoms with van der Waals surface area (Å²) in [6, 6.07) is 6.13. The second kappa shape index (κ2) is 7.29. The van der Waals surface area contributed by atoms with E-state index in [1.54, 1.807) is 17.5 Å².